The predicted molar refractivity (Wildman–Crippen MR) is 100 cm³/mol. The molecular weight excluding hydrogens is 309 g/mol. The molecule has 3 aromatic rings. The van der Waals surface area contributed by atoms with E-state index < -0.39 is 0 Å². The van der Waals surface area contributed by atoms with Gasteiger partial charge in [-0.2, -0.15) is 5.26 Å². The standard InChI is InChI=1S/C23H20FN/c1-15-10-18(4-6-21(15)14-25)13-19-5-8-22(16(2)11-19)20-7-9-23(24)17(3)12-20/h4-12H,13H2,1-3H3. The van der Waals surface area contributed by atoms with Crippen LogP contribution in [0.5, 0.6) is 0 Å². The topological polar surface area (TPSA) is 23.8 Å². The molecule has 0 aromatic heterocycles. The third-order valence-electron chi connectivity index (χ3n) is 4.58. The molecule has 0 spiro atoms. The molecule has 0 radical (unpaired) electrons. The van der Waals surface area contributed by atoms with E-state index in [4.69, 9.17) is 5.26 Å². The highest BCUT2D eigenvalue weighted by Gasteiger charge is 2.07. The Balaban J connectivity index is 1.88. The third-order valence-corrected chi connectivity index (χ3v) is 4.58. The summed E-state index contributed by atoms with van der Waals surface area (Å²) in [5.41, 5.74) is 8.16. The molecule has 124 valence electrons. The second kappa shape index (κ2) is 6.91. The lowest BCUT2D eigenvalue weighted by Crippen LogP contribution is -1.93. The summed E-state index contributed by atoms with van der Waals surface area (Å²) in [5.74, 6) is -0.172. The Kier molecular flexibility index (Phi) is 4.67. The first-order valence-electron chi connectivity index (χ1n) is 8.33. The molecule has 0 amide bonds. The number of nitriles is 1. The van der Waals surface area contributed by atoms with Crippen molar-refractivity contribution in [3.63, 3.8) is 0 Å². The number of nitrogens with zero attached hydrogens (tertiary/aromatic N) is 1. The Morgan fingerprint density at radius 1 is 0.800 bits per heavy atom. The summed E-state index contributed by atoms with van der Waals surface area (Å²) >= 11 is 0. The number of aryl methyl sites for hydroxylation is 3. The summed E-state index contributed by atoms with van der Waals surface area (Å²) in [6.07, 6.45) is 0.829. The van der Waals surface area contributed by atoms with Crippen LogP contribution in [0, 0.1) is 37.9 Å². The Hall–Kier alpha value is -2.92. The summed E-state index contributed by atoms with van der Waals surface area (Å²) < 4.78 is 13.5. The van der Waals surface area contributed by atoms with Crippen molar-refractivity contribution in [3.05, 3.63) is 93.8 Å². The maximum absolute atomic E-state index is 13.5. The van der Waals surface area contributed by atoms with Crippen LogP contribution in [0.25, 0.3) is 11.1 Å². The van der Waals surface area contributed by atoms with Gasteiger partial charge in [0.05, 0.1) is 11.6 Å². The van der Waals surface area contributed by atoms with Crippen LogP contribution in [0.4, 0.5) is 4.39 Å². The number of hydrogen-bond acceptors (Lipinski definition) is 1. The van der Waals surface area contributed by atoms with Crippen LogP contribution >= 0.6 is 0 Å². The van der Waals surface area contributed by atoms with E-state index in [0.717, 1.165) is 28.7 Å². The SMILES string of the molecule is Cc1cc(-c2ccc(Cc3ccc(C#N)c(C)c3)cc2C)ccc1F. The van der Waals surface area contributed by atoms with Crippen LogP contribution < -0.4 is 0 Å². The molecule has 1 nitrogen and oxygen atoms in total. The molecule has 0 fully saturated rings. The van der Waals surface area contributed by atoms with Crippen LogP contribution in [-0.4, -0.2) is 0 Å². The summed E-state index contributed by atoms with van der Waals surface area (Å²) in [6.45, 7) is 5.84. The van der Waals surface area contributed by atoms with Crippen molar-refractivity contribution >= 4 is 0 Å². The molecule has 3 rings (SSSR count). The minimum atomic E-state index is -0.172. The molecule has 0 saturated carbocycles. The van der Waals surface area contributed by atoms with Crippen molar-refractivity contribution in [3.8, 4) is 17.2 Å². The van der Waals surface area contributed by atoms with Crippen molar-refractivity contribution in [1.82, 2.24) is 0 Å². The summed E-state index contributed by atoms with van der Waals surface area (Å²) in [5, 5.41) is 9.04. The molecule has 3 aromatic carbocycles. The molecule has 0 bridgehead atoms. The van der Waals surface area contributed by atoms with E-state index in [9.17, 15) is 4.39 Å². The largest absolute Gasteiger partial charge is 0.207 e. The normalized spacial score (nSPS) is 10.5. The average Bonchev–Trinajstić information content (AvgIpc) is 2.58. The van der Waals surface area contributed by atoms with Gasteiger partial charge in [0.2, 0.25) is 0 Å². The molecule has 0 atom stereocenters. The Morgan fingerprint density at radius 2 is 1.48 bits per heavy atom. The van der Waals surface area contributed by atoms with Crippen LogP contribution in [-0.2, 0) is 6.42 Å². The molecule has 2 heteroatoms. The van der Waals surface area contributed by atoms with E-state index in [2.05, 4.69) is 37.3 Å². The first-order valence-corrected chi connectivity index (χ1v) is 8.33. The number of benzene rings is 3. The molecular formula is C23H20FN. The minimum absolute atomic E-state index is 0.172. The second-order valence-corrected chi connectivity index (χ2v) is 6.55. The van der Waals surface area contributed by atoms with E-state index in [1.165, 1.54) is 22.8 Å². The maximum atomic E-state index is 13.5. The van der Waals surface area contributed by atoms with E-state index in [-0.39, 0.29) is 5.82 Å². The Labute approximate surface area is 148 Å². The van der Waals surface area contributed by atoms with Gasteiger partial charge in [0.25, 0.3) is 0 Å². The van der Waals surface area contributed by atoms with E-state index >= 15 is 0 Å². The molecule has 0 aliphatic rings. The first kappa shape index (κ1) is 16.9. The van der Waals surface area contributed by atoms with E-state index in [1.807, 2.05) is 31.2 Å². The number of rotatable bonds is 3. The fraction of sp³-hybridized carbons (Fsp3) is 0.174. The minimum Gasteiger partial charge on any atom is -0.207 e. The highest BCUT2D eigenvalue weighted by Crippen LogP contribution is 2.27. The molecule has 0 saturated heterocycles. The van der Waals surface area contributed by atoms with Crippen LogP contribution in [0.3, 0.4) is 0 Å². The predicted octanol–water partition coefficient (Wildman–Crippen LogP) is 5.88. The van der Waals surface area contributed by atoms with E-state index in [0.29, 0.717) is 5.56 Å². The first-order chi connectivity index (χ1) is 12.0. The van der Waals surface area contributed by atoms with Gasteiger partial charge in [-0.3, -0.25) is 0 Å². The molecule has 0 aliphatic heterocycles. The van der Waals surface area contributed by atoms with Crippen molar-refractivity contribution in [2.75, 3.05) is 0 Å². The molecule has 0 unspecified atom stereocenters. The van der Waals surface area contributed by atoms with Gasteiger partial charge in [-0.25, -0.2) is 4.39 Å². The van der Waals surface area contributed by atoms with E-state index in [1.54, 1.807) is 6.92 Å². The number of halogens is 1. The summed E-state index contributed by atoms with van der Waals surface area (Å²) in [7, 11) is 0. The maximum Gasteiger partial charge on any atom is 0.126 e. The van der Waals surface area contributed by atoms with Crippen molar-refractivity contribution < 1.29 is 4.39 Å². The summed E-state index contributed by atoms with van der Waals surface area (Å²) in [4.78, 5) is 0. The molecule has 0 N–H and O–H groups in total. The van der Waals surface area contributed by atoms with Gasteiger partial charge in [0.15, 0.2) is 0 Å². The summed E-state index contributed by atoms with van der Waals surface area (Å²) in [6, 6.07) is 19.8. The number of hydrogen-bond donors (Lipinski definition) is 0. The fourth-order valence-electron chi connectivity index (χ4n) is 3.17. The Morgan fingerprint density at radius 3 is 2.08 bits per heavy atom. The highest BCUT2D eigenvalue weighted by molar-refractivity contribution is 5.68. The third kappa shape index (κ3) is 3.61. The van der Waals surface area contributed by atoms with Gasteiger partial charge >= 0.3 is 0 Å². The van der Waals surface area contributed by atoms with Crippen molar-refractivity contribution in [1.29, 1.82) is 5.26 Å². The van der Waals surface area contributed by atoms with Crippen LogP contribution in [0.2, 0.25) is 0 Å². The van der Waals surface area contributed by atoms with Gasteiger partial charge in [0.1, 0.15) is 5.82 Å². The van der Waals surface area contributed by atoms with Crippen LogP contribution in [0.1, 0.15) is 33.4 Å². The highest BCUT2D eigenvalue weighted by atomic mass is 19.1. The quantitative estimate of drug-likeness (QED) is 0.588. The second-order valence-electron chi connectivity index (χ2n) is 6.55. The van der Waals surface area contributed by atoms with Crippen molar-refractivity contribution in [2.24, 2.45) is 0 Å². The van der Waals surface area contributed by atoms with Gasteiger partial charge in [-0.15, -0.1) is 0 Å². The average molecular weight is 329 g/mol. The zero-order valence-electron chi connectivity index (χ0n) is 14.7. The lowest BCUT2D eigenvalue weighted by Gasteiger charge is -2.11. The zero-order valence-corrected chi connectivity index (χ0v) is 14.7. The van der Waals surface area contributed by atoms with Crippen molar-refractivity contribution in [2.45, 2.75) is 27.2 Å². The lowest BCUT2D eigenvalue weighted by atomic mass is 9.94. The Bertz CT molecular complexity index is 980. The smallest absolute Gasteiger partial charge is 0.126 e. The van der Waals surface area contributed by atoms with Gasteiger partial charge in [0, 0.05) is 0 Å². The lowest BCUT2D eigenvalue weighted by molar-refractivity contribution is 0.619. The molecule has 0 heterocycles. The van der Waals surface area contributed by atoms with Gasteiger partial charge in [-0.05, 0) is 84.3 Å². The monoisotopic (exact) mass is 329 g/mol. The molecule has 0 aliphatic carbocycles. The fourth-order valence-corrected chi connectivity index (χ4v) is 3.17. The van der Waals surface area contributed by atoms with Gasteiger partial charge < -0.3 is 0 Å². The zero-order chi connectivity index (χ0) is 18.0. The molecule has 25 heavy (non-hydrogen) atoms. The van der Waals surface area contributed by atoms with Crippen LogP contribution in [0.15, 0.2) is 54.6 Å². The van der Waals surface area contributed by atoms with Gasteiger partial charge in [-0.1, -0.05) is 36.4 Å².